The molecular formula is C16H25ClN2O4. The number of benzene rings is 1. The van der Waals surface area contributed by atoms with Crippen LogP contribution < -0.4 is 20.1 Å². The van der Waals surface area contributed by atoms with Gasteiger partial charge in [0.15, 0.2) is 17.6 Å². The number of hydrogen-bond donors (Lipinski definition) is 3. The maximum atomic E-state index is 12.0. The minimum atomic E-state index is -1.08. The van der Waals surface area contributed by atoms with Crippen molar-refractivity contribution in [2.75, 3.05) is 13.2 Å². The number of para-hydroxylation sites is 2. The summed E-state index contributed by atoms with van der Waals surface area (Å²) in [5.41, 5.74) is 0. The van der Waals surface area contributed by atoms with Crippen LogP contribution in [0.5, 0.6) is 11.5 Å². The fraction of sp³-hybridized carbons (Fsp3) is 0.562. The van der Waals surface area contributed by atoms with Crippen LogP contribution in [0.2, 0.25) is 0 Å². The van der Waals surface area contributed by atoms with E-state index in [2.05, 4.69) is 10.6 Å². The Hall–Kier alpha value is -1.50. The molecule has 1 aliphatic heterocycles. The second-order valence-electron chi connectivity index (χ2n) is 5.79. The normalized spacial score (nSPS) is 18.7. The molecule has 0 aliphatic carbocycles. The largest absolute Gasteiger partial charge is 0.486 e. The summed E-state index contributed by atoms with van der Waals surface area (Å²) >= 11 is 0. The highest BCUT2D eigenvalue weighted by atomic mass is 35.5. The number of ether oxygens (including phenoxy) is 2. The first kappa shape index (κ1) is 19.5. The van der Waals surface area contributed by atoms with Crippen LogP contribution in [0.4, 0.5) is 0 Å². The molecule has 130 valence electrons. The Bertz CT molecular complexity index is 513. The zero-order valence-corrected chi connectivity index (χ0v) is 14.4. The average molecular weight is 345 g/mol. The van der Waals surface area contributed by atoms with E-state index >= 15 is 0 Å². The number of carbonyl (C=O) groups is 1. The first-order valence-electron chi connectivity index (χ1n) is 7.57. The van der Waals surface area contributed by atoms with Crippen LogP contribution in [-0.2, 0) is 4.79 Å². The highest BCUT2D eigenvalue weighted by Gasteiger charge is 2.28. The van der Waals surface area contributed by atoms with Crippen LogP contribution in [0.1, 0.15) is 20.8 Å². The van der Waals surface area contributed by atoms with Crippen LogP contribution in [0.25, 0.3) is 0 Å². The van der Waals surface area contributed by atoms with Crippen molar-refractivity contribution in [3.63, 3.8) is 0 Å². The van der Waals surface area contributed by atoms with E-state index in [1.807, 2.05) is 45.0 Å². The van der Waals surface area contributed by atoms with Gasteiger partial charge in [-0.2, -0.15) is 0 Å². The molecule has 1 aromatic rings. The van der Waals surface area contributed by atoms with Crippen molar-refractivity contribution in [3.05, 3.63) is 24.3 Å². The highest BCUT2D eigenvalue weighted by Crippen LogP contribution is 2.31. The van der Waals surface area contributed by atoms with Gasteiger partial charge in [0.1, 0.15) is 12.7 Å². The summed E-state index contributed by atoms with van der Waals surface area (Å²) in [6.45, 7) is 6.33. The van der Waals surface area contributed by atoms with E-state index in [-0.39, 0.29) is 37.1 Å². The molecule has 2 rings (SSSR count). The Morgan fingerprint density at radius 1 is 1.30 bits per heavy atom. The van der Waals surface area contributed by atoms with E-state index in [9.17, 15) is 9.90 Å². The summed E-state index contributed by atoms with van der Waals surface area (Å²) in [5.74, 6) is 0.962. The molecule has 0 fully saturated rings. The van der Waals surface area contributed by atoms with Crippen molar-refractivity contribution in [2.24, 2.45) is 0 Å². The van der Waals surface area contributed by atoms with E-state index in [0.717, 1.165) is 0 Å². The van der Waals surface area contributed by atoms with Gasteiger partial charge in [0.05, 0.1) is 6.04 Å². The Morgan fingerprint density at radius 2 is 1.96 bits per heavy atom. The summed E-state index contributed by atoms with van der Waals surface area (Å²) < 4.78 is 11.5. The van der Waals surface area contributed by atoms with Crippen molar-refractivity contribution >= 4 is 18.3 Å². The van der Waals surface area contributed by atoms with Crippen LogP contribution >= 0.6 is 12.4 Å². The van der Waals surface area contributed by atoms with Gasteiger partial charge in [-0.1, -0.05) is 26.0 Å². The first-order valence-corrected chi connectivity index (χ1v) is 7.57. The van der Waals surface area contributed by atoms with Crippen LogP contribution in [0, 0.1) is 0 Å². The zero-order valence-electron chi connectivity index (χ0n) is 13.6. The molecule has 0 spiro atoms. The summed E-state index contributed by atoms with van der Waals surface area (Å²) in [7, 11) is 0. The van der Waals surface area contributed by atoms with Crippen LogP contribution in [-0.4, -0.2) is 48.5 Å². The molecule has 1 aliphatic rings. The fourth-order valence-corrected chi connectivity index (χ4v) is 2.14. The number of nitrogens with one attached hydrogen (secondary N) is 2. The molecule has 6 nitrogen and oxygen atoms in total. The lowest BCUT2D eigenvalue weighted by molar-refractivity contribution is -0.130. The molecule has 23 heavy (non-hydrogen) atoms. The van der Waals surface area contributed by atoms with Crippen molar-refractivity contribution in [2.45, 2.75) is 45.1 Å². The van der Waals surface area contributed by atoms with Gasteiger partial charge >= 0.3 is 0 Å². The average Bonchev–Trinajstić information content (AvgIpc) is 2.51. The zero-order chi connectivity index (χ0) is 16.1. The van der Waals surface area contributed by atoms with Crippen molar-refractivity contribution in [1.29, 1.82) is 0 Å². The standard InChI is InChI=1S/C16H24N2O4.ClH/c1-10(2)17-8-12(19)16(20)18-11(3)15-9-21-13-6-4-5-7-14(13)22-15;/h4-7,10-12,15,17,19H,8-9H2,1-3H3,(H,18,20);1H. The first-order chi connectivity index (χ1) is 10.5. The molecule has 0 saturated heterocycles. The monoisotopic (exact) mass is 344 g/mol. The van der Waals surface area contributed by atoms with E-state index < -0.39 is 12.0 Å². The number of rotatable bonds is 6. The predicted octanol–water partition coefficient (Wildman–Crippen LogP) is 1.11. The molecule has 0 bridgehead atoms. The summed E-state index contributed by atoms with van der Waals surface area (Å²) in [4.78, 5) is 12.0. The Balaban J connectivity index is 0.00000264. The quantitative estimate of drug-likeness (QED) is 0.720. The Labute approximate surface area is 143 Å². The molecule has 3 N–H and O–H groups in total. The molecule has 1 amide bonds. The Morgan fingerprint density at radius 3 is 2.61 bits per heavy atom. The molecular weight excluding hydrogens is 320 g/mol. The van der Waals surface area contributed by atoms with Gasteiger partial charge in [-0.3, -0.25) is 4.79 Å². The van der Waals surface area contributed by atoms with Gasteiger partial charge in [0.2, 0.25) is 0 Å². The van der Waals surface area contributed by atoms with E-state index in [4.69, 9.17) is 9.47 Å². The molecule has 3 atom stereocenters. The molecule has 1 aromatic carbocycles. The van der Waals surface area contributed by atoms with Gasteiger partial charge < -0.3 is 25.2 Å². The van der Waals surface area contributed by atoms with Crippen molar-refractivity contribution < 1.29 is 19.4 Å². The number of halogens is 1. The second-order valence-corrected chi connectivity index (χ2v) is 5.79. The van der Waals surface area contributed by atoms with Gasteiger partial charge in [0, 0.05) is 12.6 Å². The summed E-state index contributed by atoms with van der Waals surface area (Å²) in [5, 5.41) is 15.6. The van der Waals surface area contributed by atoms with E-state index in [1.54, 1.807) is 0 Å². The van der Waals surface area contributed by atoms with Gasteiger partial charge in [-0.25, -0.2) is 0 Å². The third-order valence-electron chi connectivity index (χ3n) is 3.48. The number of aliphatic hydroxyl groups is 1. The van der Waals surface area contributed by atoms with E-state index in [0.29, 0.717) is 18.1 Å². The lowest BCUT2D eigenvalue weighted by Gasteiger charge is -2.31. The minimum Gasteiger partial charge on any atom is -0.486 e. The third kappa shape index (κ3) is 5.57. The molecule has 0 aromatic heterocycles. The Kier molecular flexibility index (Phi) is 7.61. The summed E-state index contributed by atoms with van der Waals surface area (Å²) in [6, 6.07) is 7.37. The topological polar surface area (TPSA) is 79.8 Å². The molecule has 1 heterocycles. The second kappa shape index (κ2) is 8.96. The van der Waals surface area contributed by atoms with Crippen molar-refractivity contribution in [3.8, 4) is 11.5 Å². The molecule has 3 unspecified atom stereocenters. The smallest absolute Gasteiger partial charge is 0.250 e. The van der Waals surface area contributed by atoms with Gasteiger partial charge in [-0.15, -0.1) is 12.4 Å². The maximum absolute atomic E-state index is 12.0. The van der Waals surface area contributed by atoms with Crippen molar-refractivity contribution in [1.82, 2.24) is 10.6 Å². The SMILES string of the molecule is CC(C)NCC(O)C(=O)NC(C)C1COc2ccccc2O1.Cl. The number of aliphatic hydroxyl groups excluding tert-OH is 1. The molecule has 0 saturated carbocycles. The van der Waals surface area contributed by atoms with Crippen LogP contribution in [0.3, 0.4) is 0 Å². The van der Waals surface area contributed by atoms with Crippen LogP contribution in [0.15, 0.2) is 24.3 Å². The lowest BCUT2D eigenvalue weighted by atomic mass is 10.1. The number of fused-ring (bicyclic) bond motifs is 1. The van der Waals surface area contributed by atoms with Gasteiger partial charge in [-0.05, 0) is 19.1 Å². The molecule has 7 heteroatoms. The third-order valence-corrected chi connectivity index (χ3v) is 3.48. The summed E-state index contributed by atoms with van der Waals surface area (Å²) in [6.07, 6.45) is -1.37. The predicted molar refractivity (Wildman–Crippen MR) is 90.4 cm³/mol. The number of carbonyl (C=O) groups excluding carboxylic acids is 1. The number of hydrogen-bond acceptors (Lipinski definition) is 5. The highest BCUT2D eigenvalue weighted by molar-refractivity contribution is 5.85. The molecule has 0 radical (unpaired) electrons. The number of amides is 1. The minimum absolute atomic E-state index is 0. The van der Waals surface area contributed by atoms with E-state index in [1.165, 1.54) is 0 Å². The lowest BCUT2D eigenvalue weighted by Crippen LogP contribution is -2.52. The van der Waals surface area contributed by atoms with Gasteiger partial charge in [0.25, 0.3) is 5.91 Å². The maximum Gasteiger partial charge on any atom is 0.250 e. The fourth-order valence-electron chi connectivity index (χ4n) is 2.14.